The molecule has 0 spiro atoms. The van der Waals surface area contributed by atoms with Gasteiger partial charge in [0.25, 0.3) is 0 Å². The molecular formula is C17H14FNO3. The fourth-order valence-corrected chi connectivity index (χ4v) is 2.04. The lowest BCUT2D eigenvalue weighted by molar-refractivity contribution is -0.118. The molecule has 2 aromatic rings. The predicted molar refractivity (Wildman–Crippen MR) is 79.9 cm³/mol. The molecule has 0 radical (unpaired) electrons. The fourth-order valence-electron chi connectivity index (χ4n) is 2.04. The van der Waals surface area contributed by atoms with E-state index < -0.39 is 6.04 Å². The van der Waals surface area contributed by atoms with Crippen molar-refractivity contribution in [3.8, 4) is 11.5 Å². The minimum Gasteiger partial charge on any atom is -0.475 e. The third-order valence-corrected chi connectivity index (χ3v) is 3.27. The Kier molecular flexibility index (Phi) is 3.87. The summed E-state index contributed by atoms with van der Waals surface area (Å²) in [6.07, 6.45) is 0. The van der Waals surface area contributed by atoms with E-state index >= 15 is 0 Å². The van der Waals surface area contributed by atoms with E-state index in [0.717, 1.165) is 5.56 Å². The number of benzene rings is 2. The van der Waals surface area contributed by atoms with Crippen LogP contribution in [0, 0.1) is 5.82 Å². The van der Waals surface area contributed by atoms with Crippen LogP contribution in [-0.2, 0) is 9.53 Å². The zero-order valence-electron chi connectivity index (χ0n) is 12.0. The normalized spacial score (nSPS) is 16.8. The van der Waals surface area contributed by atoms with Crippen molar-refractivity contribution < 1.29 is 18.7 Å². The van der Waals surface area contributed by atoms with E-state index in [4.69, 9.17) is 9.47 Å². The number of hydrogen-bond acceptors (Lipinski definition) is 4. The number of nitrogens with zero attached hydrogens (tertiary/aromatic N) is 1. The summed E-state index contributed by atoms with van der Waals surface area (Å²) in [7, 11) is 0. The van der Waals surface area contributed by atoms with Crippen LogP contribution in [-0.4, -0.2) is 24.3 Å². The van der Waals surface area contributed by atoms with Crippen LogP contribution in [0.4, 0.5) is 4.39 Å². The molecule has 5 heteroatoms. The second kappa shape index (κ2) is 5.97. The molecule has 0 aromatic heterocycles. The molecule has 1 heterocycles. The average Bonchev–Trinajstić information content (AvgIpc) is 3.00. The predicted octanol–water partition coefficient (Wildman–Crippen LogP) is 3.35. The zero-order chi connectivity index (χ0) is 15.5. The van der Waals surface area contributed by atoms with Crippen molar-refractivity contribution in [3.63, 3.8) is 0 Å². The van der Waals surface area contributed by atoms with Crippen molar-refractivity contribution in [2.45, 2.75) is 13.0 Å². The molecule has 0 saturated heterocycles. The summed E-state index contributed by atoms with van der Waals surface area (Å²) in [6, 6.07) is 12.5. The van der Waals surface area contributed by atoms with Gasteiger partial charge in [-0.25, -0.2) is 9.38 Å². The van der Waals surface area contributed by atoms with Crippen molar-refractivity contribution >= 4 is 11.7 Å². The largest absolute Gasteiger partial charge is 0.475 e. The second-order valence-corrected chi connectivity index (χ2v) is 4.95. The molecule has 2 aromatic carbocycles. The van der Waals surface area contributed by atoms with E-state index in [9.17, 15) is 9.18 Å². The van der Waals surface area contributed by atoms with Gasteiger partial charge in [-0.2, -0.15) is 0 Å². The summed E-state index contributed by atoms with van der Waals surface area (Å²) >= 11 is 0. The monoisotopic (exact) mass is 299 g/mol. The zero-order valence-corrected chi connectivity index (χ0v) is 12.0. The first kappa shape index (κ1) is 14.3. The number of rotatable bonds is 4. The van der Waals surface area contributed by atoms with Crippen LogP contribution in [0.5, 0.6) is 11.5 Å². The minimum atomic E-state index is -0.412. The van der Waals surface area contributed by atoms with Crippen LogP contribution in [0.15, 0.2) is 53.5 Å². The number of Topliss-reactive ketones (excluding diaryl/α,β-unsaturated/α-hetero) is 1. The Bertz CT molecular complexity index is 708. The summed E-state index contributed by atoms with van der Waals surface area (Å²) < 4.78 is 23.9. The molecule has 0 bridgehead atoms. The van der Waals surface area contributed by atoms with Gasteiger partial charge in [-0.1, -0.05) is 0 Å². The maximum absolute atomic E-state index is 12.8. The highest BCUT2D eigenvalue weighted by molar-refractivity contribution is 5.98. The molecule has 1 aliphatic heterocycles. The van der Waals surface area contributed by atoms with Crippen LogP contribution in [0.1, 0.15) is 12.5 Å². The Labute approximate surface area is 127 Å². The summed E-state index contributed by atoms with van der Waals surface area (Å²) in [5.74, 6) is 1.33. The van der Waals surface area contributed by atoms with Gasteiger partial charge in [0, 0.05) is 5.56 Å². The van der Waals surface area contributed by atoms with E-state index in [1.165, 1.54) is 19.1 Å². The average molecular weight is 299 g/mol. The van der Waals surface area contributed by atoms with Crippen LogP contribution in [0.2, 0.25) is 0 Å². The van der Waals surface area contributed by atoms with Crippen LogP contribution < -0.4 is 4.74 Å². The van der Waals surface area contributed by atoms with E-state index in [2.05, 4.69) is 4.99 Å². The van der Waals surface area contributed by atoms with Gasteiger partial charge in [0.1, 0.15) is 30.0 Å². The molecule has 4 nitrogen and oxygen atoms in total. The lowest BCUT2D eigenvalue weighted by Gasteiger charge is -2.06. The SMILES string of the molecule is CC(=O)C1COC(c2ccc(Oc3ccc(F)cc3)cc2)=N1. The Morgan fingerprint density at radius 2 is 1.73 bits per heavy atom. The summed E-state index contributed by atoms with van der Waals surface area (Å²) in [4.78, 5) is 15.5. The van der Waals surface area contributed by atoms with Crippen molar-refractivity contribution in [1.82, 2.24) is 0 Å². The standard InChI is InChI=1S/C17H14FNO3/c1-11(20)16-10-21-17(19-16)12-2-6-14(7-3-12)22-15-8-4-13(18)5-9-15/h2-9,16H,10H2,1H3. The molecule has 1 aliphatic rings. The smallest absolute Gasteiger partial charge is 0.217 e. The molecule has 112 valence electrons. The second-order valence-electron chi connectivity index (χ2n) is 4.95. The lowest BCUT2D eigenvalue weighted by Crippen LogP contribution is -2.15. The van der Waals surface area contributed by atoms with E-state index in [1.54, 1.807) is 36.4 Å². The van der Waals surface area contributed by atoms with Crippen LogP contribution in [0.25, 0.3) is 0 Å². The topological polar surface area (TPSA) is 47.9 Å². The molecule has 0 saturated carbocycles. The van der Waals surface area contributed by atoms with Gasteiger partial charge in [-0.3, -0.25) is 4.79 Å². The Morgan fingerprint density at radius 1 is 1.14 bits per heavy atom. The summed E-state index contributed by atoms with van der Waals surface area (Å²) in [5.41, 5.74) is 0.787. The molecular weight excluding hydrogens is 285 g/mol. The number of carbonyl (C=O) groups excluding carboxylic acids is 1. The first-order valence-corrected chi connectivity index (χ1v) is 6.87. The Hall–Kier alpha value is -2.69. The Morgan fingerprint density at radius 3 is 2.27 bits per heavy atom. The number of ketones is 1. The van der Waals surface area contributed by atoms with E-state index in [1.807, 2.05) is 0 Å². The highest BCUT2D eigenvalue weighted by atomic mass is 19.1. The Balaban J connectivity index is 1.72. The van der Waals surface area contributed by atoms with E-state index in [-0.39, 0.29) is 11.6 Å². The van der Waals surface area contributed by atoms with Gasteiger partial charge in [0.05, 0.1) is 0 Å². The molecule has 0 fully saturated rings. The van der Waals surface area contributed by atoms with Gasteiger partial charge in [-0.15, -0.1) is 0 Å². The highest BCUT2D eigenvalue weighted by Crippen LogP contribution is 2.23. The summed E-state index contributed by atoms with van der Waals surface area (Å²) in [6.45, 7) is 1.79. The van der Waals surface area contributed by atoms with Gasteiger partial charge >= 0.3 is 0 Å². The third kappa shape index (κ3) is 3.14. The first-order valence-electron chi connectivity index (χ1n) is 6.87. The number of ether oxygens (including phenoxy) is 2. The van der Waals surface area contributed by atoms with Gasteiger partial charge in [0.2, 0.25) is 5.90 Å². The van der Waals surface area contributed by atoms with Crippen molar-refractivity contribution in [3.05, 3.63) is 59.9 Å². The van der Waals surface area contributed by atoms with Crippen LogP contribution in [0.3, 0.4) is 0 Å². The molecule has 1 atom stereocenters. The number of aliphatic imine (C=N–C) groups is 1. The quantitative estimate of drug-likeness (QED) is 0.870. The van der Waals surface area contributed by atoms with Crippen molar-refractivity contribution in [2.24, 2.45) is 4.99 Å². The lowest BCUT2D eigenvalue weighted by atomic mass is 10.2. The molecule has 0 amide bonds. The van der Waals surface area contributed by atoms with Crippen LogP contribution >= 0.6 is 0 Å². The third-order valence-electron chi connectivity index (χ3n) is 3.27. The molecule has 1 unspecified atom stereocenters. The number of hydrogen-bond donors (Lipinski definition) is 0. The number of carbonyl (C=O) groups is 1. The van der Waals surface area contributed by atoms with Crippen molar-refractivity contribution in [2.75, 3.05) is 6.61 Å². The van der Waals surface area contributed by atoms with Gasteiger partial charge < -0.3 is 9.47 Å². The minimum absolute atomic E-state index is 0.00809. The first-order chi connectivity index (χ1) is 10.6. The maximum Gasteiger partial charge on any atom is 0.217 e. The molecule has 22 heavy (non-hydrogen) atoms. The van der Waals surface area contributed by atoms with Crippen molar-refractivity contribution in [1.29, 1.82) is 0 Å². The van der Waals surface area contributed by atoms with E-state index in [0.29, 0.717) is 24.0 Å². The number of halogens is 1. The molecule has 0 N–H and O–H groups in total. The van der Waals surface area contributed by atoms with Gasteiger partial charge in [-0.05, 0) is 55.5 Å². The highest BCUT2D eigenvalue weighted by Gasteiger charge is 2.23. The molecule has 3 rings (SSSR count). The van der Waals surface area contributed by atoms with Gasteiger partial charge in [0.15, 0.2) is 5.78 Å². The maximum atomic E-state index is 12.8. The fraction of sp³-hybridized carbons (Fsp3) is 0.176. The summed E-state index contributed by atoms with van der Waals surface area (Å²) in [5, 5.41) is 0. The molecule has 0 aliphatic carbocycles.